The Morgan fingerprint density at radius 2 is 1.89 bits per heavy atom. The predicted molar refractivity (Wildman–Crippen MR) is 151 cm³/mol. The largest absolute Gasteiger partial charge is 0.383 e. The van der Waals surface area contributed by atoms with Crippen LogP contribution >= 0.6 is 23.4 Å². The van der Waals surface area contributed by atoms with Crippen molar-refractivity contribution in [1.82, 2.24) is 20.2 Å². The summed E-state index contributed by atoms with van der Waals surface area (Å²) in [4.78, 5) is 26.2. The SMILES string of the molecule is COCCNC(=O)c1cccc(CSc2nc(Cl)cc(N3CCN(CC=Cc4ccccc4)CC3)n2)c1. The average Bonchev–Trinajstić information content (AvgIpc) is 2.93. The zero-order valence-electron chi connectivity index (χ0n) is 21.0. The van der Waals surface area contributed by atoms with Crippen LogP contribution in [0.5, 0.6) is 0 Å². The van der Waals surface area contributed by atoms with Crippen molar-refractivity contribution in [3.05, 3.63) is 88.6 Å². The van der Waals surface area contributed by atoms with Gasteiger partial charge in [0.1, 0.15) is 11.0 Å². The van der Waals surface area contributed by atoms with Crippen LogP contribution in [0.2, 0.25) is 5.15 Å². The van der Waals surface area contributed by atoms with Crippen molar-refractivity contribution in [2.45, 2.75) is 10.9 Å². The van der Waals surface area contributed by atoms with E-state index >= 15 is 0 Å². The molecule has 2 aromatic carbocycles. The normalized spacial score (nSPS) is 14.3. The first-order valence-electron chi connectivity index (χ1n) is 12.3. The smallest absolute Gasteiger partial charge is 0.251 e. The Balaban J connectivity index is 1.29. The van der Waals surface area contributed by atoms with Gasteiger partial charge in [-0.3, -0.25) is 9.69 Å². The predicted octanol–water partition coefficient (Wildman–Crippen LogP) is 4.63. The van der Waals surface area contributed by atoms with Crippen molar-refractivity contribution >= 4 is 41.2 Å². The van der Waals surface area contributed by atoms with E-state index in [1.165, 1.54) is 17.3 Å². The maximum Gasteiger partial charge on any atom is 0.251 e. The number of hydrogen-bond acceptors (Lipinski definition) is 7. The summed E-state index contributed by atoms with van der Waals surface area (Å²) >= 11 is 7.87. The highest BCUT2D eigenvalue weighted by Gasteiger charge is 2.19. The topological polar surface area (TPSA) is 70.6 Å². The molecule has 1 aromatic heterocycles. The van der Waals surface area contributed by atoms with Gasteiger partial charge in [-0.15, -0.1) is 0 Å². The quantitative estimate of drug-likeness (QED) is 0.165. The van der Waals surface area contributed by atoms with E-state index in [2.05, 4.69) is 56.5 Å². The van der Waals surface area contributed by atoms with Crippen molar-refractivity contribution in [3.63, 3.8) is 0 Å². The number of anilines is 1. The highest BCUT2D eigenvalue weighted by molar-refractivity contribution is 7.98. The summed E-state index contributed by atoms with van der Waals surface area (Å²) in [5, 5.41) is 3.92. The maximum absolute atomic E-state index is 12.3. The summed E-state index contributed by atoms with van der Waals surface area (Å²) in [5.41, 5.74) is 2.86. The number of piperazine rings is 1. The Labute approximate surface area is 227 Å². The molecule has 0 aliphatic carbocycles. The molecule has 0 saturated carbocycles. The van der Waals surface area contributed by atoms with Gasteiger partial charge in [0.05, 0.1) is 6.61 Å². The molecule has 0 bridgehead atoms. The van der Waals surface area contributed by atoms with E-state index in [9.17, 15) is 4.79 Å². The fraction of sp³-hybridized carbons (Fsp3) is 0.321. The molecule has 1 amide bonds. The molecule has 2 heterocycles. The lowest BCUT2D eigenvalue weighted by atomic mass is 10.1. The maximum atomic E-state index is 12.3. The van der Waals surface area contributed by atoms with E-state index in [0.29, 0.717) is 34.8 Å². The van der Waals surface area contributed by atoms with E-state index < -0.39 is 0 Å². The van der Waals surface area contributed by atoms with Crippen molar-refractivity contribution in [2.75, 3.05) is 57.9 Å². The summed E-state index contributed by atoms with van der Waals surface area (Å²) in [6.45, 7) is 5.58. The molecule has 9 heteroatoms. The number of benzene rings is 2. The molecule has 0 unspecified atom stereocenters. The van der Waals surface area contributed by atoms with Crippen LogP contribution in [0, 0.1) is 0 Å². The Morgan fingerprint density at radius 3 is 2.68 bits per heavy atom. The van der Waals surface area contributed by atoms with Crippen LogP contribution in [0.15, 0.2) is 71.9 Å². The van der Waals surface area contributed by atoms with Crippen molar-refractivity contribution in [1.29, 1.82) is 0 Å². The first-order valence-corrected chi connectivity index (χ1v) is 13.7. The number of aromatic nitrogens is 2. The standard InChI is InChI=1S/C28H32ClN5O2S/c1-36-18-12-30-27(35)24-11-5-9-23(19-24)21-37-28-31-25(29)20-26(32-28)34-16-14-33(15-17-34)13-6-10-22-7-3-2-4-8-22/h2-11,19-20H,12-18,21H2,1H3,(H,30,35). The van der Waals surface area contributed by atoms with Crippen LogP contribution < -0.4 is 10.2 Å². The second kappa shape index (κ2) is 14.1. The molecule has 7 nitrogen and oxygen atoms in total. The van der Waals surface area contributed by atoms with Gasteiger partial charge in [0.2, 0.25) is 0 Å². The summed E-state index contributed by atoms with van der Waals surface area (Å²) < 4.78 is 4.99. The van der Waals surface area contributed by atoms with Gasteiger partial charge in [0.15, 0.2) is 5.16 Å². The molecule has 1 aliphatic rings. The van der Waals surface area contributed by atoms with E-state index in [0.717, 1.165) is 44.1 Å². The van der Waals surface area contributed by atoms with E-state index in [4.69, 9.17) is 21.3 Å². The number of ether oxygens (including phenoxy) is 1. The van der Waals surface area contributed by atoms with Crippen molar-refractivity contribution < 1.29 is 9.53 Å². The van der Waals surface area contributed by atoms with E-state index in [-0.39, 0.29) is 5.91 Å². The van der Waals surface area contributed by atoms with Gasteiger partial charge in [-0.1, -0.05) is 78.0 Å². The number of carbonyl (C=O) groups is 1. The number of methoxy groups -OCH3 is 1. The van der Waals surface area contributed by atoms with Crippen LogP contribution in [0.1, 0.15) is 21.5 Å². The first kappa shape index (κ1) is 27.1. The summed E-state index contributed by atoms with van der Waals surface area (Å²) in [7, 11) is 1.61. The third-order valence-electron chi connectivity index (χ3n) is 5.98. The molecule has 0 spiro atoms. The van der Waals surface area contributed by atoms with Crippen LogP contribution in [0.3, 0.4) is 0 Å². The molecule has 3 aromatic rings. The minimum atomic E-state index is -0.111. The Hall–Kier alpha value is -2.91. The van der Waals surface area contributed by atoms with Crippen LogP contribution in [-0.4, -0.2) is 73.8 Å². The van der Waals surface area contributed by atoms with Gasteiger partial charge in [0.25, 0.3) is 5.91 Å². The molecule has 0 radical (unpaired) electrons. The number of nitrogens with one attached hydrogen (secondary N) is 1. The lowest BCUT2D eigenvalue weighted by Crippen LogP contribution is -2.46. The lowest BCUT2D eigenvalue weighted by Gasteiger charge is -2.35. The fourth-order valence-electron chi connectivity index (χ4n) is 3.99. The van der Waals surface area contributed by atoms with Crippen LogP contribution in [-0.2, 0) is 10.5 Å². The van der Waals surface area contributed by atoms with Gasteiger partial charge < -0.3 is 15.0 Å². The molecule has 0 atom stereocenters. The van der Waals surface area contributed by atoms with Crippen molar-refractivity contribution in [3.8, 4) is 0 Å². The summed E-state index contributed by atoms with van der Waals surface area (Å²) in [6.07, 6.45) is 4.39. The van der Waals surface area contributed by atoms with Gasteiger partial charge in [-0.05, 0) is 23.3 Å². The van der Waals surface area contributed by atoms with Gasteiger partial charge in [-0.25, -0.2) is 9.97 Å². The molecule has 37 heavy (non-hydrogen) atoms. The third-order valence-corrected chi connectivity index (χ3v) is 7.09. The molecule has 1 fully saturated rings. The van der Waals surface area contributed by atoms with E-state index in [1.807, 2.05) is 30.3 Å². The zero-order valence-corrected chi connectivity index (χ0v) is 22.5. The molecule has 1 aliphatic heterocycles. The second-order valence-electron chi connectivity index (χ2n) is 8.67. The Morgan fingerprint density at radius 1 is 1.08 bits per heavy atom. The third kappa shape index (κ3) is 8.57. The highest BCUT2D eigenvalue weighted by Crippen LogP contribution is 2.25. The number of carbonyl (C=O) groups excluding carboxylic acids is 1. The number of thioether (sulfide) groups is 1. The Bertz CT molecular complexity index is 1190. The highest BCUT2D eigenvalue weighted by atomic mass is 35.5. The number of rotatable bonds is 11. The molecule has 194 valence electrons. The lowest BCUT2D eigenvalue weighted by molar-refractivity contribution is 0.0937. The number of hydrogen-bond donors (Lipinski definition) is 1. The van der Waals surface area contributed by atoms with Gasteiger partial charge in [-0.2, -0.15) is 0 Å². The molecule has 1 N–H and O–H groups in total. The average molecular weight is 538 g/mol. The molecular formula is C28H32ClN5O2S. The van der Waals surface area contributed by atoms with Crippen LogP contribution in [0.25, 0.3) is 6.08 Å². The molecule has 1 saturated heterocycles. The van der Waals surface area contributed by atoms with Crippen LogP contribution in [0.4, 0.5) is 5.82 Å². The number of halogens is 1. The van der Waals surface area contributed by atoms with Gasteiger partial charge >= 0.3 is 0 Å². The number of nitrogens with zero attached hydrogens (tertiary/aromatic N) is 4. The number of amides is 1. The minimum Gasteiger partial charge on any atom is -0.383 e. The summed E-state index contributed by atoms with van der Waals surface area (Å²) in [6, 6.07) is 19.8. The summed E-state index contributed by atoms with van der Waals surface area (Å²) in [5.74, 6) is 1.38. The molecule has 4 rings (SSSR count). The minimum absolute atomic E-state index is 0.111. The van der Waals surface area contributed by atoms with Crippen molar-refractivity contribution in [2.24, 2.45) is 0 Å². The van der Waals surface area contributed by atoms with E-state index in [1.54, 1.807) is 13.2 Å². The Kier molecular flexibility index (Phi) is 10.4. The van der Waals surface area contributed by atoms with Gasteiger partial charge in [0, 0.05) is 63.8 Å². The zero-order chi connectivity index (χ0) is 25.9. The second-order valence-corrected chi connectivity index (χ2v) is 10.00. The first-order chi connectivity index (χ1) is 18.1. The molecular weight excluding hydrogens is 506 g/mol. The monoisotopic (exact) mass is 537 g/mol. The fourth-order valence-corrected chi connectivity index (χ4v) is 5.02.